The van der Waals surface area contributed by atoms with E-state index in [4.69, 9.17) is 4.74 Å². The van der Waals surface area contributed by atoms with Crippen molar-refractivity contribution in [1.82, 2.24) is 0 Å². The lowest BCUT2D eigenvalue weighted by Gasteiger charge is -2.14. The maximum absolute atomic E-state index is 12.4. The predicted octanol–water partition coefficient (Wildman–Crippen LogP) is 4.63. The minimum absolute atomic E-state index is 0.158. The molecule has 0 bridgehead atoms. The van der Waals surface area contributed by atoms with Gasteiger partial charge >= 0.3 is 5.97 Å². The quantitative estimate of drug-likeness (QED) is 0.655. The normalized spacial score (nSPS) is 12.0. The van der Waals surface area contributed by atoms with E-state index < -0.39 is 0 Å². The Morgan fingerprint density at radius 1 is 0.909 bits per heavy atom. The van der Waals surface area contributed by atoms with Crippen molar-refractivity contribution in [3.05, 3.63) is 83.9 Å². The molecule has 3 rings (SSSR count). The lowest BCUT2D eigenvalue weighted by atomic mass is 10.0. The zero-order chi connectivity index (χ0) is 15.4. The fourth-order valence-electron chi connectivity index (χ4n) is 2.64. The van der Waals surface area contributed by atoms with E-state index in [1.165, 1.54) is 5.56 Å². The number of hydrogen-bond acceptors (Lipinski definition) is 2. The van der Waals surface area contributed by atoms with Crippen LogP contribution in [0.25, 0.3) is 10.8 Å². The lowest BCUT2D eigenvalue weighted by Crippen LogP contribution is -2.17. The summed E-state index contributed by atoms with van der Waals surface area (Å²) in [6.45, 7) is 1.93. The molecule has 0 amide bonds. The van der Waals surface area contributed by atoms with Crippen LogP contribution in [0.5, 0.6) is 0 Å². The van der Waals surface area contributed by atoms with Gasteiger partial charge in [-0.3, -0.25) is 0 Å². The maximum atomic E-state index is 12.4. The van der Waals surface area contributed by atoms with Crippen molar-refractivity contribution in [2.45, 2.75) is 19.4 Å². The summed E-state index contributed by atoms with van der Waals surface area (Å²) in [5, 5.41) is 1.98. The Bertz CT molecular complexity index is 773. The Morgan fingerprint density at radius 2 is 1.59 bits per heavy atom. The summed E-state index contributed by atoms with van der Waals surface area (Å²) in [5.41, 5.74) is 1.79. The lowest BCUT2D eigenvalue weighted by molar-refractivity contribution is 0.0345. The average Bonchev–Trinajstić information content (AvgIpc) is 2.55. The third-order valence-corrected chi connectivity index (χ3v) is 3.68. The van der Waals surface area contributed by atoms with E-state index in [0.29, 0.717) is 5.56 Å². The van der Waals surface area contributed by atoms with Gasteiger partial charge in [-0.25, -0.2) is 4.79 Å². The van der Waals surface area contributed by atoms with Gasteiger partial charge in [-0.15, -0.1) is 0 Å². The number of fused-ring (bicyclic) bond motifs is 1. The molecule has 0 spiro atoms. The molecule has 2 nitrogen and oxygen atoms in total. The Balaban J connectivity index is 1.76. The van der Waals surface area contributed by atoms with Gasteiger partial charge in [-0.1, -0.05) is 66.7 Å². The number of hydrogen-bond donors (Lipinski definition) is 0. The van der Waals surface area contributed by atoms with E-state index in [2.05, 4.69) is 0 Å². The van der Waals surface area contributed by atoms with Crippen LogP contribution in [0, 0.1) is 0 Å². The second-order valence-corrected chi connectivity index (χ2v) is 5.43. The maximum Gasteiger partial charge on any atom is 0.339 e. The highest BCUT2D eigenvalue weighted by Crippen LogP contribution is 2.20. The predicted molar refractivity (Wildman–Crippen MR) is 89.0 cm³/mol. The van der Waals surface area contributed by atoms with E-state index >= 15 is 0 Å². The molecule has 0 saturated heterocycles. The number of benzene rings is 3. The molecule has 22 heavy (non-hydrogen) atoms. The van der Waals surface area contributed by atoms with Gasteiger partial charge in [0.2, 0.25) is 0 Å². The molecule has 0 radical (unpaired) electrons. The highest BCUT2D eigenvalue weighted by atomic mass is 16.5. The summed E-state index contributed by atoms with van der Waals surface area (Å²) in [4.78, 5) is 12.4. The van der Waals surface area contributed by atoms with Gasteiger partial charge in [-0.05, 0) is 29.3 Å². The van der Waals surface area contributed by atoms with Crippen molar-refractivity contribution in [2.75, 3.05) is 0 Å². The average molecular weight is 290 g/mol. The second kappa shape index (κ2) is 6.44. The Morgan fingerprint density at radius 3 is 2.41 bits per heavy atom. The summed E-state index contributed by atoms with van der Waals surface area (Å²) in [6.07, 6.45) is 0.561. The van der Waals surface area contributed by atoms with Crippen molar-refractivity contribution >= 4 is 16.7 Å². The zero-order valence-corrected chi connectivity index (χ0v) is 12.5. The van der Waals surface area contributed by atoms with Crippen LogP contribution in [0.15, 0.2) is 72.8 Å². The first-order valence-corrected chi connectivity index (χ1v) is 7.47. The molecule has 0 aromatic heterocycles. The molecule has 1 atom stereocenters. The van der Waals surface area contributed by atoms with Gasteiger partial charge in [0.15, 0.2) is 0 Å². The summed E-state index contributed by atoms with van der Waals surface area (Å²) < 4.78 is 5.61. The Hall–Kier alpha value is -2.61. The van der Waals surface area contributed by atoms with Gasteiger partial charge in [-0.2, -0.15) is 0 Å². The van der Waals surface area contributed by atoms with Gasteiger partial charge in [0, 0.05) is 6.42 Å². The minimum Gasteiger partial charge on any atom is -0.459 e. The third-order valence-electron chi connectivity index (χ3n) is 3.68. The number of rotatable bonds is 4. The molecule has 0 saturated carbocycles. The van der Waals surface area contributed by atoms with Crippen LogP contribution in [-0.2, 0) is 11.2 Å². The Labute approximate surface area is 130 Å². The molecule has 0 unspecified atom stereocenters. The van der Waals surface area contributed by atoms with Gasteiger partial charge < -0.3 is 4.74 Å². The Kier molecular flexibility index (Phi) is 4.19. The molecule has 2 heteroatoms. The molecule has 3 aromatic carbocycles. The fourth-order valence-corrected chi connectivity index (χ4v) is 2.64. The third kappa shape index (κ3) is 3.17. The largest absolute Gasteiger partial charge is 0.459 e. The minimum atomic E-state index is -0.264. The van der Waals surface area contributed by atoms with Crippen LogP contribution in [0.3, 0.4) is 0 Å². The van der Waals surface area contributed by atoms with Crippen molar-refractivity contribution < 1.29 is 9.53 Å². The summed E-state index contributed by atoms with van der Waals surface area (Å²) in [5.74, 6) is -0.264. The van der Waals surface area contributed by atoms with E-state index in [0.717, 1.165) is 17.2 Å². The first-order valence-electron chi connectivity index (χ1n) is 7.47. The van der Waals surface area contributed by atoms with Gasteiger partial charge in [0.1, 0.15) is 6.10 Å². The molecule has 0 fully saturated rings. The number of carbonyl (C=O) groups excluding carboxylic acids is 1. The molecule has 0 aliphatic heterocycles. The topological polar surface area (TPSA) is 26.3 Å². The smallest absolute Gasteiger partial charge is 0.339 e. The summed E-state index contributed by atoms with van der Waals surface area (Å²) in [7, 11) is 0. The SMILES string of the molecule is C[C@H](Cc1ccccc1)OC(=O)c1cccc2ccccc12. The molecule has 0 N–H and O–H groups in total. The summed E-state index contributed by atoms with van der Waals surface area (Å²) in [6, 6.07) is 23.6. The highest BCUT2D eigenvalue weighted by Gasteiger charge is 2.14. The van der Waals surface area contributed by atoms with E-state index in [1.54, 1.807) is 0 Å². The fraction of sp³-hybridized carbons (Fsp3) is 0.150. The van der Waals surface area contributed by atoms with Gasteiger partial charge in [0.05, 0.1) is 5.56 Å². The molecule has 0 aliphatic carbocycles. The van der Waals surface area contributed by atoms with E-state index in [-0.39, 0.29) is 12.1 Å². The second-order valence-electron chi connectivity index (χ2n) is 5.43. The van der Waals surface area contributed by atoms with Crippen molar-refractivity contribution in [1.29, 1.82) is 0 Å². The van der Waals surface area contributed by atoms with Crippen LogP contribution in [0.4, 0.5) is 0 Å². The highest BCUT2D eigenvalue weighted by molar-refractivity contribution is 6.04. The molecule has 0 aliphatic rings. The summed E-state index contributed by atoms with van der Waals surface area (Å²) >= 11 is 0. The van der Waals surface area contributed by atoms with Crippen LogP contribution in [0.1, 0.15) is 22.8 Å². The van der Waals surface area contributed by atoms with Crippen LogP contribution < -0.4 is 0 Å². The monoisotopic (exact) mass is 290 g/mol. The zero-order valence-electron chi connectivity index (χ0n) is 12.5. The molecule has 0 heterocycles. The first kappa shape index (κ1) is 14.3. The van der Waals surface area contributed by atoms with Crippen LogP contribution in [0.2, 0.25) is 0 Å². The number of ether oxygens (including phenoxy) is 1. The van der Waals surface area contributed by atoms with Crippen LogP contribution in [-0.4, -0.2) is 12.1 Å². The van der Waals surface area contributed by atoms with Crippen molar-refractivity contribution in [2.24, 2.45) is 0 Å². The van der Waals surface area contributed by atoms with Crippen molar-refractivity contribution in [3.63, 3.8) is 0 Å². The molecular weight excluding hydrogens is 272 g/mol. The standard InChI is InChI=1S/C20H18O2/c1-15(14-16-8-3-2-4-9-16)22-20(21)19-13-7-11-17-10-5-6-12-18(17)19/h2-13,15H,14H2,1H3/t15-/m1/s1. The number of carbonyl (C=O) groups is 1. The number of esters is 1. The van der Waals surface area contributed by atoms with E-state index in [9.17, 15) is 4.79 Å². The van der Waals surface area contributed by atoms with E-state index in [1.807, 2.05) is 79.7 Å². The molecule has 110 valence electrons. The van der Waals surface area contributed by atoms with Crippen LogP contribution >= 0.6 is 0 Å². The molecular formula is C20H18O2. The molecule has 3 aromatic rings. The first-order chi connectivity index (χ1) is 10.7. The van der Waals surface area contributed by atoms with Gasteiger partial charge in [0.25, 0.3) is 0 Å². The van der Waals surface area contributed by atoms with Crippen molar-refractivity contribution in [3.8, 4) is 0 Å².